The van der Waals surface area contributed by atoms with Crippen LogP contribution in [0.1, 0.15) is 30.7 Å². The zero-order valence-corrected chi connectivity index (χ0v) is 16.0. The Morgan fingerprint density at radius 2 is 2.07 bits per heavy atom. The van der Waals surface area contributed by atoms with Crippen LogP contribution in [0.3, 0.4) is 0 Å². The Morgan fingerprint density at radius 1 is 1.36 bits per heavy atom. The first-order valence-corrected chi connectivity index (χ1v) is 9.17. The Balaban J connectivity index is 1.52. The molecule has 0 radical (unpaired) electrons. The van der Waals surface area contributed by atoms with Crippen LogP contribution in [0.15, 0.2) is 36.5 Å². The molecule has 7 heteroatoms. The predicted molar refractivity (Wildman–Crippen MR) is 102 cm³/mol. The van der Waals surface area contributed by atoms with Crippen molar-refractivity contribution in [2.24, 2.45) is 5.92 Å². The first-order valence-electron chi connectivity index (χ1n) is 9.17. The summed E-state index contributed by atoms with van der Waals surface area (Å²) >= 11 is 0. The number of likely N-dealkylation sites (tertiary alicyclic amines) is 1. The third-order valence-electron chi connectivity index (χ3n) is 4.43. The molecule has 2 aromatic rings. The van der Waals surface area contributed by atoms with Gasteiger partial charge in [-0.05, 0) is 37.6 Å². The normalized spacial score (nSPS) is 14.4. The van der Waals surface area contributed by atoms with E-state index in [4.69, 9.17) is 14.6 Å². The van der Waals surface area contributed by atoms with Crippen molar-refractivity contribution in [2.45, 2.75) is 33.1 Å². The zero-order chi connectivity index (χ0) is 20.1. The summed E-state index contributed by atoms with van der Waals surface area (Å²) < 4.78 is 11.3. The van der Waals surface area contributed by atoms with Crippen molar-refractivity contribution in [3.8, 4) is 17.6 Å². The third-order valence-corrected chi connectivity index (χ3v) is 4.43. The first kappa shape index (κ1) is 19.6. The molecule has 146 valence electrons. The van der Waals surface area contributed by atoms with Gasteiger partial charge < -0.3 is 14.6 Å². The zero-order valence-electron chi connectivity index (χ0n) is 16.0. The minimum atomic E-state index is -0.725. The second-order valence-corrected chi connectivity index (χ2v) is 7.11. The number of ether oxygens (including phenoxy) is 2. The molecule has 1 fully saturated rings. The van der Waals surface area contributed by atoms with Crippen LogP contribution >= 0.6 is 0 Å². The van der Waals surface area contributed by atoms with Gasteiger partial charge in [-0.3, -0.25) is 14.7 Å². The maximum atomic E-state index is 10.8. The number of benzene rings is 1. The highest BCUT2D eigenvalue weighted by molar-refractivity contribution is 5.71. The molecule has 7 nitrogen and oxygen atoms in total. The number of rotatable bonds is 8. The molecule has 1 aromatic heterocycles. The van der Waals surface area contributed by atoms with Crippen LogP contribution in [0.2, 0.25) is 0 Å². The molecule has 0 saturated carbocycles. The molecule has 0 amide bonds. The molecule has 28 heavy (non-hydrogen) atoms. The monoisotopic (exact) mass is 381 g/mol. The fourth-order valence-electron chi connectivity index (χ4n) is 2.96. The molecule has 3 rings (SSSR count). The van der Waals surface area contributed by atoms with Crippen molar-refractivity contribution in [2.75, 3.05) is 13.1 Å². The van der Waals surface area contributed by atoms with Gasteiger partial charge in [0.1, 0.15) is 18.4 Å². The summed E-state index contributed by atoms with van der Waals surface area (Å²) in [5.74, 6) is 0.211. The lowest BCUT2D eigenvalue weighted by Crippen LogP contribution is -2.49. The summed E-state index contributed by atoms with van der Waals surface area (Å²) in [5.41, 5.74) is 2.19. The van der Waals surface area contributed by atoms with Crippen molar-refractivity contribution < 1.29 is 19.4 Å². The van der Waals surface area contributed by atoms with Gasteiger partial charge in [-0.15, -0.1) is 0 Å². The fourth-order valence-corrected chi connectivity index (χ4v) is 2.96. The van der Waals surface area contributed by atoms with Gasteiger partial charge in [0.25, 0.3) is 0 Å². The number of aromatic nitrogens is 1. The third kappa shape index (κ3) is 4.99. The van der Waals surface area contributed by atoms with E-state index < -0.39 is 5.97 Å². The van der Waals surface area contributed by atoms with E-state index >= 15 is 0 Å². The van der Waals surface area contributed by atoms with E-state index in [0.29, 0.717) is 35.8 Å². The van der Waals surface area contributed by atoms with E-state index in [1.165, 1.54) is 0 Å². The van der Waals surface area contributed by atoms with E-state index in [2.05, 4.69) is 16.0 Å². The average molecular weight is 381 g/mol. The summed E-state index contributed by atoms with van der Waals surface area (Å²) in [5, 5.41) is 18.2. The molecule has 0 aliphatic carbocycles. The average Bonchev–Trinajstić information content (AvgIpc) is 2.63. The number of hydrogen-bond acceptors (Lipinski definition) is 6. The van der Waals surface area contributed by atoms with Crippen LogP contribution in [0.25, 0.3) is 0 Å². The Labute approximate surface area is 164 Å². The molecule has 1 saturated heterocycles. The second-order valence-electron chi connectivity index (χ2n) is 7.11. The molecule has 1 aliphatic heterocycles. The highest BCUT2D eigenvalue weighted by Gasteiger charge is 2.32. The number of carbonyl (C=O) groups is 1. The minimum Gasteiger partial charge on any atom is -0.488 e. The largest absolute Gasteiger partial charge is 0.488 e. The van der Waals surface area contributed by atoms with Gasteiger partial charge in [0.05, 0.1) is 29.5 Å². The molecular formula is C21H23N3O4. The Kier molecular flexibility index (Phi) is 6.12. The van der Waals surface area contributed by atoms with Gasteiger partial charge in [0.15, 0.2) is 5.75 Å². The van der Waals surface area contributed by atoms with Crippen LogP contribution in [-0.2, 0) is 17.9 Å². The molecule has 1 aliphatic rings. The second kappa shape index (κ2) is 8.72. The molecule has 1 aromatic carbocycles. The number of carboxylic acid groups (broad SMARTS) is 1. The van der Waals surface area contributed by atoms with Crippen LogP contribution in [-0.4, -0.2) is 40.2 Å². The lowest BCUT2D eigenvalue weighted by molar-refractivity contribution is -0.147. The van der Waals surface area contributed by atoms with Crippen LogP contribution in [0.5, 0.6) is 11.5 Å². The van der Waals surface area contributed by atoms with Gasteiger partial charge in [-0.2, -0.15) is 5.26 Å². The van der Waals surface area contributed by atoms with Gasteiger partial charge in [0, 0.05) is 19.6 Å². The van der Waals surface area contributed by atoms with Crippen molar-refractivity contribution in [1.82, 2.24) is 9.88 Å². The van der Waals surface area contributed by atoms with Crippen molar-refractivity contribution in [3.63, 3.8) is 0 Å². The highest BCUT2D eigenvalue weighted by atomic mass is 16.5. The van der Waals surface area contributed by atoms with Gasteiger partial charge >= 0.3 is 5.97 Å². The van der Waals surface area contributed by atoms with Crippen LogP contribution in [0.4, 0.5) is 0 Å². The fraction of sp³-hybridized carbons (Fsp3) is 0.381. The number of carboxylic acids is 1. The molecule has 0 atom stereocenters. The van der Waals surface area contributed by atoms with Gasteiger partial charge in [-0.1, -0.05) is 12.1 Å². The van der Waals surface area contributed by atoms with E-state index in [1.54, 1.807) is 12.3 Å². The van der Waals surface area contributed by atoms with Gasteiger partial charge in [0.2, 0.25) is 0 Å². The number of nitrogens with zero attached hydrogens (tertiary/aromatic N) is 3. The summed E-state index contributed by atoms with van der Waals surface area (Å²) in [6.45, 7) is 5.97. The van der Waals surface area contributed by atoms with Gasteiger partial charge in [-0.25, -0.2) is 0 Å². The predicted octanol–water partition coefficient (Wildman–Crippen LogP) is 2.84. The summed E-state index contributed by atoms with van der Waals surface area (Å²) in [6, 6.07) is 11.5. The molecule has 0 bridgehead atoms. The summed E-state index contributed by atoms with van der Waals surface area (Å²) in [4.78, 5) is 17.2. The SMILES string of the molecule is CC(C)Oc1cnc(COc2ccc(CN3CC(C(=O)O)C3)cc2)cc1C#N. The number of aliphatic carboxylic acids is 1. The lowest BCUT2D eigenvalue weighted by Gasteiger charge is -2.36. The molecule has 0 spiro atoms. The highest BCUT2D eigenvalue weighted by Crippen LogP contribution is 2.22. The maximum absolute atomic E-state index is 10.8. The number of pyridine rings is 1. The molecule has 0 unspecified atom stereocenters. The molecule has 2 heterocycles. The Hall–Kier alpha value is -3.11. The van der Waals surface area contributed by atoms with E-state index in [0.717, 1.165) is 12.1 Å². The van der Waals surface area contributed by atoms with E-state index in [1.807, 2.05) is 38.1 Å². The van der Waals surface area contributed by atoms with Crippen molar-refractivity contribution in [1.29, 1.82) is 5.26 Å². The maximum Gasteiger partial charge on any atom is 0.309 e. The van der Waals surface area contributed by atoms with E-state index in [-0.39, 0.29) is 18.6 Å². The van der Waals surface area contributed by atoms with Crippen LogP contribution in [0, 0.1) is 17.2 Å². The summed E-state index contributed by atoms with van der Waals surface area (Å²) in [6.07, 6.45) is 1.53. The number of nitriles is 1. The minimum absolute atomic E-state index is 0.0270. The standard InChI is InChI=1S/C21H23N3O4/c1-14(2)28-20-9-23-18(7-16(20)8-22)13-27-19-5-3-15(4-6-19)10-24-11-17(12-24)21(25)26/h3-7,9,14,17H,10-13H2,1-2H3,(H,25,26). The summed E-state index contributed by atoms with van der Waals surface area (Å²) in [7, 11) is 0. The smallest absolute Gasteiger partial charge is 0.309 e. The lowest BCUT2D eigenvalue weighted by atomic mass is 10.00. The Morgan fingerprint density at radius 3 is 2.68 bits per heavy atom. The van der Waals surface area contributed by atoms with Crippen molar-refractivity contribution in [3.05, 3.63) is 53.3 Å². The Bertz CT molecular complexity index is 868. The van der Waals surface area contributed by atoms with Crippen LogP contribution < -0.4 is 9.47 Å². The number of hydrogen-bond donors (Lipinski definition) is 1. The molecule has 1 N–H and O–H groups in total. The molecular weight excluding hydrogens is 358 g/mol. The van der Waals surface area contributed by atoms with E-state index in [9.17, 15) is 10.1 Å². The first-order chi connectivity index (χ1) is 13.4. The quantitative estimate of drug-likeness (QED) is 0.751. The topological polar surface area (TPSA) is 95.7 Å². The van der Waals surface area contributed by atoms with Crippen molar-refractivity contribution >= 4 is 5.97 Å².